The molecular weight excluding hydrogens is 1310 g/mol. The standard InChI is InChI=1S/C81H158O17P2/c1-8-9-10-45-55-62-78(83)91-68-76(97-80(85)64-57-51-44-38-32-26-20-14-17-23-29-35-41-48-54-61-74(6)7)70-95-99(87,88)93-66-75(82)67-94-100(89,90)96-71-77(69-92-79(84)63-56-49-42-36-30-24-19-13-16-22-28-34-40-47-53-60-73(4)5)98-81(86)65-58-50-43-37-31-25-18-12-11-15-21-27-33-39-46-52-59-72(2)3/h72-77,82H,8-71H2,1-7H3,(H,87,88)(H,89,90)/t75-,76+,77+/m0/s1. The van der Waals surface area contributed by atoms with Crippen molar-refractivity contribution >= 4 is 39.5 Å². The van der Waals surface area contributed by atoms with E-state index in [-0.39, 0.29) is 25.7 Å². The molecule has 0 aliphatic heterocycles. The summed E-state index contributed by atoms with van der Waals surface area (Å²) in [6, 6.07) is 0. The molecule has 17 nitrogen and oxygen atoms in total. The minimum atomic E-state index is -4.96. The zero-order valence-corrected chi connectivity index (χ0v) is 67.5. The smallest absolute Gasteiger partial charge is 0.462 e. The molecule has 5 atom stereocenters. The second-order valence-electron chi connectivity index (χ2n) is 30.6. The number of ether oxygens (including phenoxy) is 4. The summed E-state index contributed by atoms with van der Waals surface area (Å²) in [7, 11) is -9.91. The molecule has 0 aromatic carbocycles. The van der Waals surface area contributed by atoms with Crippen molar-refractivity contribution in [1.82, 2.24) is 0 Å². The van der Waals surface area contributed by atoms with Gasteiger partial charge in [0.2, 0.25) is 0 Å². The van der Waals surface area contributed by atoms with E-state index in [9.17, 15) is 43.2 Å². The van der Waals surface area contributed by atoms with Gasteiger partial charge in [0.25, 0.3) is 0 Å². The van der Waals surface area contributed by atoms with Gasteiger partial charge in [-0.3, -0.25) is 37.3 Å². The Bertz CT molecular complexity index is 1940. The molecule has 19 heteroatoms. The molecule has 0 saturated carbocycles. The van der Waals surface area contributed by atoms with E-state index in [1.165, 1.54) is 225 Å². The first-order chi connectivity index (χ1) is 48.2. The lowest BCUT2D eigenvalue weighted by atomic mass is 10.0. The van der Waals surface area contributed by atoms with E-state index in [0.29, 0.717) is 25.7 Å². The zero-order chi connectivity index (χ0) is 73.7. The van der Waals surface area contributed by atoms with E-state index in [4.69, 9.17) is 37.0 Å². The number of aliphatic hydroxyl groups excluding tert-OH is 1. The van der Waals surface area contributed by atoms with Gasteiger partial charge in [0, 0.05) is 25.7 Å². The molecule has 594 valence electrons. The van der Waals surface area contributed by atoms with Crippen LogP contribution in [0.4, 0.5) is 0 Å². The fraction of sp³-hybridized carbons (Fsp3) is 0.951. The molecule has 0 radical (unpaired) electrons. The lowest BCUT2D eigenvalue weighted by Crippen LogP contribution is -2.30. The fourth-order valence-electron chi connectivity index (χ4n) is 12.5. The number of phosphoric ester groups is 2. The van der Waals surface area contributed by atoms with Gasteiger partial charge in [0.05, 0.1) is 26.4 Å². The van der Waals surface area contributed by atoms with Crippen molar-refractivity contribution in [2.45, 2.75) is 439 Å². The number of carbonyl (C=O) groups is 4. The highest BCUT2D eigenvalue weighted by Crippen LogP contribution is 2.45. The average Bonchev–Trinajstić information content (AvgIpc) is 0.919. The first-order valence-corrected chi connectivity index (χ1v) is 44.8. The number of hydrogen-bond acceptors (Lipinski definition) is 15. The highest BCUT2D eigenvalue weighted by molar-refractivity contribution is 7.47. The maximum absolute atomic E-state index is 13.1. The Morgan fingerprint density at radius 1 is 0.270 bits per heavy atom. The van der Waals surface area contributed by atoms with Crippen LogP contribution in [0.15, 0.2) is 0 Å². The van der Waals surface area contributed by atoms with Crippen LogP contribution in [-0.4, -0.2) is 96.7 Å². The molecule has 0 aliphatic rings. The van der Waals surface area contributed by atoms with Crippen LogP contribution in [0.5, 0.6) is 0 Å². The SMILES string of the molecule is CCCCCCCC(=O)OC[C@H](COP(=O)(O)OC[C@H](O)COP(=O)(O)OC[C@@H](COC(=O)CCCCCCCCCCCCCCCCCC(C)C)OC(=O)CCCCCCCCCCCCCCCCCCC(C)C)OC(=O)CCCCCCCCCCCCCCCCCC(C)C. The molecule has 2 unspecified atom stereocenters. The van der Waals surface area contributed by atoms with Crippen LogP contribution in [0, 0.1) is 17.8 Å². The van der Waals surface area contributed by atoms with E-state index < -0.39 is 97.5 Å². The van der Waals surface area contributed by atoms with Gasteiger partial charge < -0.3 is 33.8 Å². The first kappa shape index (κ1) is 98.1. The number of carbonyl (C=O) groups excluding carboxylic acids is 4. The second-order valence-corrected chi connectivity index (χ2v) is 33.5. The maximum atomic E-state index is 13.1. The molecule has 0 spiro atoms. The Labute approximate surface area is 613 Å². The lowest BCUT2D eigenvalue weighted by Gasteiger charge is -2.21. The second kappa shape index (κ2) is 71.3. The molecule has 0 bridgehead atoms. The Kier molecular flexibility index (Phi) is 69.9. The normalized spacial score (nSPS) is 14.0. The van der Waals surface area contributed by atoms with Gasteiger partial charge in [0.1, 0.15) is 19.3 Å². The molecular formula is C81H158O17P2. The van der Waals surface area contributed by atoms with Crippen molar-refractivity contribution in [2.24, 2.45) is 17.8 Å². The molecule has 3 N–H and O–H groups in total. The maximum Gasteiger partial charge on any atom is 0.472 e. The quantitative estimate of drug-likeness (QED) is 0.0222. The third-order valence-corrected chi connectivity index (χ3v) is 20.8. The Morgan fingerprint density at radius 2 is 0.460 bits per heavy atom. The summed E-state index contributed by atoms with van der Waals surface area (Å²) in [6.07, 6.45) is 60.1. The molecule has 0 heterocycles. The summed E-state index contributed by atoms with van der Waals surface area (Å²) in [5.74, 6) is 0.297. The van der Waals surface area contributed by atoms with E-state index in [2.05, 4.69) is 48.5 Å². The average molecular weight is 1470 g/mol. The minimum absolute atomic E-state index is 0.107. The third-order valence-electron chi connectivity index (χ3n) is 18.9. The highest BCUT2D eigenvalue weighted by Gasteiger charge is 2.30. The van der Waals surface area contributed by atoms with Crippen molar-refractivity contribution in [3.63, 3.8) is 0 Å². The third kappa shape index (κ3) is 74.3. The summed E-state index contributed by atoms with van der Waals surface area (Å²) >= 11 is 0. The summed E-state index contributed by atoms with van der Waals surface area (Å²) in [4.78, 5) is 72.7. The van der Waals surface area contributed by atoms with Crippen LogP contribution >= 0.6 is 15.6 Å². The van der Waals surface area contributed by atoms with Gasteiger partial charge in [-0.2, -0.15) is 0 Å². The first-order valence-electron chi connectivity index (χ1n) is 41.8. The van der Waals surface area contributed by atoms with Crippen molar-refractivity contribution in [3.05, 3.63) is 0 Å². The van der Waals surface area contributed by atoms with Gasteiger partial charge in [-0.15, -0.1) is 0 Å². The van der Waals surface area contributed by atoms with Crippen LogP contribution in [-0.2, 0) is 65.4 Å². The van der Waals surface area contributed by atoms with Crippen LogP contribution in [0.25, 0.3) is 0 Å². The number of aliphatic hydroxyl groups is 1. The molecule has 100 heavy (non-hydrogen) atoms. The van der Waals surface area contributed by atoms with E-state index in [0.717, 1.165) is 114 Å². The number of esters is 4. The predicted molar refractivity (Wildman–Crippen MR) is 409 cm³/mol. The number of phosphoric acid groups is 2. The minimum Gasteiger partial charge on any atom is -0.462 e. The predicted octanol–water partition coefficient (Wildman–Crippen LogP) is 24.1. The zero-order valence-electron chi connectivity index (χ0n) is 65.7. The topological polar surface area (TPSA) is 237 Å². The van der Waals surface area contributed by atoms with Gasteiger partial charge in [0.15, 0.2) is 12.2 Å². The Morgan fingerprint density at radius 3 is 0.680 bits per heavy atom. The molecule has 0 aromatic rings. The van der Waals surface area contributed by atoms with E-state index in [1.807, 2.05) is 0 Å². The number of rotatable bonds is 79. The van der Waals surface area contributed by atoms with Gasteiger partial charge in [-0.05, 0) is 43.4 Å². The van der Waals surface area contributed by atoms with Crippen LogP contribution in [0.1, 0.15) is 421 Å². The molecule has 0 saturated heterocycles. The fourth-order valence-corrected chi connectivity index (χ4v) is 14.1. The van der Waals surface area contributed by atoms with Crippen molar-refractivity contribution in [2.75, 3.05) is 39.6 Å². The lowest BCUT2D eigenvalue weighted by molar-refractivity contribution is -0.161. The van der Waals surface area contributed by atoms with Crippen molar-refractivity contribution in [1.29, 1.82) is 0 Å². The van der Waals surface area contributed by atoms with Gasteiger partial charge in [-0.1, -0.05) is 370 Å². The summed E-state index contributed by atoms with van der Waals surface area (Å²) in [5, 5.41) is 10.6. The van der Waals surface area contributed by atoms with Gasteiger partial charge >= 0.3 is 39.5 Å². The molecule has 0 fully saturated rings. The molecule has 0 amide bonds. The van der Waals surface area contributed by atoms with E-state index in [1.54, 1.807) is 0 Å². The molecule has 0 aromatic heterocycles. The Hall–Kier alpha value is -1.94. The largest absolute Gasteiger partial charge is 0.472 e. The van der Waals surface area contributed by atoms with Crippen molar-refractivity contribution < 1.29 is 80.2 Å². The van der Waals surface area contributed by atoms with Gasteiger partial charge in [-0.25, -0.2) is 9.13 Å². The number of hydrogen-bond donors (Lipinski definition) is 3. The van der Waals surface area contributed by atoms with Crippen molar-refractivity contribution in [3.8, 4) is 0 Å². The molecule has 0 aliphatic carbocycles. The molecule has 0 rings (SSSR count). The van der Waals surface area contributed by atoms with Crippen LogP contribution in [0.3, 0.4) is 0 Å². The van der Waals surface area contributed by atoms with Crippen LogP contribution in [0.2, 0.25) is 0 Å². The van der Waals surface area contributed by atoms with E-state index >= 15 is 0 Å². The number of unbranched alkanes of at least 4 members (excludes halogenated alkanes) is 47. The summed E-state index contributed by atoms with van der Waals surface area (Å²) in [6.45, 7) is 11.9. The summed E-state index contributed by atoms with van der Waals surface area (Å²) in [5.41, 5.74) is 0. The monoisotopic (exact) mass is 1470 g/mol. The van der Waals surface area contributed by atoms with Crippen LogP contribution < -0.4 is 0 Å². The summed E-state index contributed by atoms with van der Waals surface area (Å²) < 4.78 is 68.5. The Balaban J connectivity index is 5.12. The highest BCUT2D eigenvalue weighted by atomic mass is 31.2.